The van der Waals surface area contributed by atoms with Crippen LogP contribution < -0.4 is 4.90 Å². The van der Waals surface area contributed by atoms with Crippen molar-refractivity contribution in [2.24, 2.45) is 0 Å². The number of hydrogen-bond donors (Lipinski definition) is 0. The molecular formula is C17H27ClN2. The molecule has 0 N–H and O–H groups in total. The second kappa shape index (κ2) is 7.87. The maximum absolute atomic E-state index is 6.06. The fourth-order valence-electron chi connectivity index (χ4n) is 3.18. The average Bonchev–Trinajstić information content (AvgIpc) is 2.48. The molecule has 1 atom stereocenters. The first kappa shape index (κ1) is 15.6. The number of piperidine rings is 1. The van der Waals surface area contributed by atoms with Crippen molar-refractivity contribution >= 4 is 17.4 Å². The molecule has 1 aliphatic rings. The number of halogens is 1. The van der Waals surface area contributed by atoms with E-state index in [1.165, 1.54) is 43.4 Å². The lowest BCUT2D eigenvalue weighted by atomic mass is 9.98. The van der Waals surface area contributed by atoms with Gasteiger partial charge in [-0.25, -0.2) is 4.98 Å². The van der Waals surface area contributed by atoms with Crippen molar-refractivity contribution in [2.75, 3.05) is 11.4 Å². The molecule has 0 aromatic carbocycles. The Morgan fingerprint density at radius 3 is 2.80 bits per heavy atom. The number of hydrogen-bond acceptors (Lipinski definition) is 2. The first-order chi connectivity index (χ1) is 9.78. The van der Waals surface area contributed by atoms with Crippen LogP contribution in [0.2, 0.25) is 0 Å². The van der Waals surface area contributed by atoms with Gasteiger partial charge in [-0.1, -0.05) is 26.7 Å². The molecule has 0 saturated carbocycles. The van der Waals surface area contributed by atoms with Crippen LogP contribution in [0.3, 0.4) is 0 Å². The van der Waals surface area contributed by atoms with E-state index < -0.39 is 0 Å². The fourth-order valence-corrected chi connectivity index (χ4v) is 3.33. The molecule has 2 nitrogen and oxygen atoms in total. The molecule has 0 radical (unpaired) electrons. The molecule has 1 fully saturated rings. The van der Waals surface area contributed by atoms with Gasteiger partial charge in [0.15, 0.2) is 0 Å². The van der Waals surface area contributed by atoms with Crippen molar-refractivity contribution in [1.29, 1.82) is 0 Å². The van der Waals surface area contributed by atoms with Gasteiger partial charge in [0.2, 0.25) is 0 Å². The highest BCUT2D eigenvalue weighted by molar-refractivity contribution is 6.17. The van der Waals surface area contributed by atoms with Crippen LogP contribution in [0.5, 0.6) is 0 Å². The quantitative estimate of drug-likeness (QED) is 0.691. The zero-order valence-electron chi connectivity index (χ0n) is 12.9. The number of aryl methyl sites for hydroxylation is 1. The summed E-state index contributed by atoms with van der Waals surface area (Å²) in [5.41, 5.74) is 2.41. The van der Waals surface area contributed by atoms with Crippen molar-refractivity contribution in [3.05, 3.63) is 23.4 Å². The van der Waals surface area contributed by atoms with E-state index >= 15 is 0 Å². The van der Waals surface area contributed by atoms with Gasteiger partial charge in [-0.15, -0.1) is 11.6 Å². The van der Waals surface area contributed by atoms with Gasteiger partial charge in [0.1, 0.15) is 5.82 Å². The lowest BCUT2D eigenvalue weighted by Crippen LogP contribution is -2.40. The Balaban J connectivity index is 2.26. The summed E-state index contributed by atoms with van der Waals surface area (Å²) in [4.78, 5) is 7.42. The largest absolute Gasteiger partial charge is 0.354 e. The van der Waals surface area contributed by atoms with Crippen LogP contribution in [0.1, 0.15) is 63.6 Å². The Bertz CT molecular complexity index is 417. The van der Waals surface area contributed by atoms with Gasteiger partial charge in [-0.05, 0) is 49.8 Å². The van der Waals surface area contributed by atoms with Crippen LogP contribution >= 0.6 is 11.6 Å². The van der Waals surface area contributed by atoms with E-state index in [1.54, 1.807) is 0 Å². The number of aromatic nitrogens is 1. The van der Waals surface area contributed by atoms with E-state index in [4.69, 9.17) is 16.6 Å². The smallest absolute Gasteiger partial charge is 0.129 e. The zero-order chi connectivity index (χ0) is 14.4. The van der Waals surface area contributed by atoms with Gasteiger partial charge in [0.05, 0.1) is 0 Å². The Morgan fingerprint density at radius 1 is 1.25 bits per heavy atom. The summed E-state index contributed by atoms with van der Waals surface area (Å²) in [7, 11) is 0. The Kier molecular flexibility index (Phi) is 6.15. The maximum Gasteiger partial charge on any atom is 0.129 e. The van der Waals surface area contributed by atoms with E-state index in [1.807, 2.05) is 0 Å². The van der Waals surface area contributed by atoms with Crippen molar-refractivity contribution in [3.8, 4) is 0 Å². The first-order valence-electron chi connectivity index (χ1n) is 8.11. The van der Waals surface area contributed by atoms with E-state index in [0.29, 0.717) is 11.9 Å². The van der Waals surface area contributed by atoms with Crippen LogP contribution in [-0.2, 0) is 12.3 Å². The number of rotatable bonds is 6. The Hall–Kier alpha value is -0.760. The summed E-state index contributed by atoms with van der Waals surface area (Å²) < 4.78 is 0. The molecule has 3 heteroatoms. The minimum absolute atomic E-state index is 0.582. The summed E-state index contributed by atoms with van der Waals surface area (Å²) >= 11 is 6.06. The maximum atomic E-state index is 6.06. The minimum atomic E-state index is 0.582. The third-order valence-electron chi connectivity index (χ3n) is 4.13. The van der Waals surface area contributed by atoms with E-state index in [-0.39, 0.29) is 0 Å². The van der Waals surface area contributed by atoms with Gasteiger partial charge in [0, 0.05) is 24.2 Å². The molecular weight excluding hydrogens is 268 g/mol. The highest BCUT2D eigenvalue weighted by Crippen LogP contribution is 2.27. The monoisotopic (exact) mass is 294 g/mol. The molecule has 0 aliphatic carbocycles. The molecule has 1 aromatic rings. The lowest BCUT2D eigenvalue weighted by Gasteiger charge is -2.37. The molecule has 1 aliphatic heterocycles. The van der Waals surface area contributed by atoms with Crippen molar-refractivity contribution in [3.63, 3.8) is 0 Å². The van der Waals surface area contributed by atoms with Crippen molar-refractivity contribution < 1.29 is 0 Å². The van der Waals surface area contributed by atoms with Crippen molar-refractivity contribution in [1.82, 2.24) is 4.98 Å². The molecule has 1 saturated heterocycles. The molecule has 0 amide bonds. The highest BCUT2D eigenvalue weighted by Gasteiger charge is 2.23. The summed E-state index contributed by atoms with van der Waals surface area (Å²) in [6.07, 6.45) is 8.66. The molecule has 0 spiro atoms. The number of alkyl halides is 1. The number of pyridine rings is 1. The Morgan fingerprint density at radius 2 is 2.10 bits per heavy atom. The lowest BCUT2D eigenvalue weighted by molar-refractivity contribution is 0.431. The van der Waals surface area contributed by atoms with Gasteiger partial charge >= 0.3 is 0 Å². The minimum Gasteiger partial charge on any atom is -0.354 e. The average molecular weight is 295 g/mol. The Labute approximate surface area is 128 Å². The van der Waals surface area contributed by atoms with Crippen LogP contribution in [0.15, 0.2) is 12.1 Å². The van der Waals surface area contributed by atoms with Crippen molar-refractivity contribution in [2.45, 2.75) is 70.7 Å². The van der Waals surface area contributed by atoms with Gasteiger partial charge in [-0.3, -0.25) is 0 Å². The predicted octanol–water partition coefficient (Wildman–Crippen LogP) is 4.93. The zero-order valence-corrected chi connectivity index (χ0v) is 13.6. The predicted molar refractivity (Wildman–Crippen MR) is 87.7 cm³/mol. The van der Waals surface area contributed by atoms with E-state index in [0.717, 1.165) is 25.2 Å². The van der Waals surface area contributed by atoms with Gasteiger partial charge < -0.3 is 4.90 Å². The summed E-state index contributed by atoms with van der Waals surface area (Å²) in [6.45, 7) is 5.63. The second-order valence-corrected chi connectivity index (χ2v) is 6.11. The first-order valence-corrected chi connectivity index (χ1v) is 8.64. The topological polar surface area (TPSA) is 16.1 Å². The molecule has 112 valence electrons. The third-order valence-corrected chi connectivity index (χ3v) is 4.44. The van der Waals surface area contributed by atoms with Crippen LogP contribution in [-0.4, -0.2) is 17.6 Å². The standard InChI is InChI=1S/C17H27ClN2/c1-3-7-15-11-14(13-18)12-17(19-15)20-10-6-5-9-16(20)8-4-2/h11-12,16H,3-10,13H2,1-2H3. The molecule has 20 heavy (non-hydrogen) atoms. The highest BCUT2D eigenvalue weighted by atomic mass is 35.5. The number of anilines is 1. The van der Waals surface area contributed by atoms with Crippen LogP contribution in [0.4, 0.5) is 5.82 Å². The summed E-state index contributed by atoms with van der Waals surface area (Å²) in [5, 5.41) is 0. The SMILES string of the molecule is CCCc1cc(CCl)cc(N2CCCCC2CCC)n1. The molecule has 2 heterocycles. The van der Waals surface area contributed by atoms with E-state index in [2.05, 4.69) is 30.9 Å². The van der Waals surface area contributed by atoms with Gasteiger partial charge in [-0.2, -0.15) is 0 Å². The van der Waals surface area contributed by atoms with E-state index in [9.17, 15) is 0 Å². The summed E-state index contributed by atoms with van der Waals surface area (Å²) in [6, 6.07) is 5.03. The normalized spacial score (nSPS) is 19.4. The van der Waals surface area contributed by atoms with Gasteiger partial charge in [0.25, 0.3) is 0 Å². The summed E-state index contributed by atoms with van der Waals surface area (Å²) in [5.74, 6) is 1.74. The van der Waals surface area contributed by atoms with Crippen LogP contribution in [0.25, 0.3) is 0 Å². The van der Waals surface area contributed by atoms with Crippen LogP contribution in [0, 0.1) is 0 Å². The second-order valence-electron chi connectivity index (χ2n) is 5.84. The number of nitrogens with zero attached hydrogens (tertiary/aromatic N) is 2. The molecule has 1 unspecified atom stereocenters. The molecule has 1 aromatic heterocycles. The molecule has 0 bridgehead atoms. The fraction of sp³-hybridized carbons (Fsp3) is 0.706. The molecule has 2 rings (SSSR count). The third kappa shape index (κ3) is 3.88.